The van der Waals surface area contributed by atoms with Crippen LogP contribution >= 0.6 is 0 Å². The minimum atomic E-state index is -4.06. The SMILES string of the molecule is COCC(O)CNC1CCC(C(F)(F)F)CC1. The van der Waals surface area contributed by atoms with Crippen molar-refractivity contribution in [2.45, 2.75) is 44.0 Å². The highest BCUT2D eigenvalue weighted by Gasteiger charge is 2.41. The van der Waals surface area contributed by atoms with Gasteiger partial charge >= 0.3 is 6.18 Å². The molecule has 0 saturated heterocycles. The van der Waals surface area contributed by atoms with Crippen LogP contribution in [0.1, 0.15) is 25.7 Å². The lowest BCUT2D eigenvalue weighted by molar-refractivity contribution is -0.182. The minimum Gasteiger partial charge on any atom is -0.389 e. The number of rotatable bonds is 5. The van der Waals surface area contributed by atoms with E-state index in [0.717, 1.165) is 0 Å². The maximum atomic E-state index is 12.4. The number of methoxy groups -OCH3 is 1. The number of ether oxygens (including phenoxy) is 1. The molecule has 1 unspecified atom stereocenters. The van der Waals surface area contributed by atoms with Gasteiger partial charge < -0.3 is 15.2 Å². The molecule has 0 amide bonds. The third-order valence-electron chi connectivity index (χ3n) is 3.19. The molecule has 0 heterocycles. The molecule has 102 valence electrons. The van der Waals surface area contributed by atoms with Crippen molar-refractivity contribution in [1.82, 2.24) is 5.32 Å². The summed E-state index contributed by atoms with van der Waals surface area (Å²) in [5.74, 6) is -1.15. The van der Waals surface area contributed by atoms with Crippen molar-refractivity contribution in [2.75, 3.05) is 20.3 Å². The predicted molar refractivity (Wildman–Crippen MR) is 57.7 cm³/mol. The molecule has 17 heavy (non-hydrogen) atoms. The van der Waals surface area contributed by atoms with Gasteiger partial charge in [-0.15, -0.1) is 0 Å². The van der Waals surface area contributed by atoms with Crippen molar-refractivity contribution in [2.24, 2.45) is 5.92 Å². The van der Waals surface area contributed by atoms with E-state index in [-0.39, 0.29) is 25.5 Å². The molecule has 1 aliphatic carbocycles. The average Bonchev–Trinajstić information content (AvgIpc) is 2.26. The molecule has 0 aromatic heterocycles. The van der Waals surface area contributed by atoms with Crippen molar-refractivity contribution >= 4 is 0 Å². The second-order valence-electron chi connectivity index (χ2n) is 4.61. The molecule has 0 spiro atoms. The van der Waals surface area contributed by atoms with E-state index in [4.69, 9.17) is 4.74 Å². The van der Waals surface area contributed by atoms with Crippen molar-refractivity contribution in [3.63, 3.8) is 0 Å². The number of halogens is 3. The van der Waals surface area contributed by atoms with Gasteiger partial charge in [0.25, 0.3) is 0 Å². The van der Waals surface area contributed by atoms with Gasteiger partial charge in [0, 0.05) is 19.7 Å². The highest BCUT2D eigenvalue weighted by Crippen LogP contribution is 2.37. The van der Waals surface area contributed by atoms with Gasteiger partial charge in [-0.2, -0.15) is 13.2 Å². The maximum absolute atomic E-state index is 12.4. The van der Waals surface area contributed by atoms with Crippen LogP contribution < -0.4 is 5.32 Å². The molecule has 3 nitrogen and oxygen atoms in total. The average molecular weight is 255 g/mol. The number of hydrogen-bond donors (Lipinski definition) is 2. The Bertz CT molecular complexity index is 215. The summed E-state index contributed by atoms with van der Waals surface area (Å²) in [7, 11) is 1.50. The highest BCUT2D eigenvalue weighted by molar-refractivity contribution is 4.81. The van der Waals surface area contributed by atoms with Crippen LogP contribution in [-0.2, 0) is 4.74 Å². The van der Waals surface area contributed by atoms with E-state index in [1.807, 2.05) is 0 Å². The second-order valence-corrected chi connectivity index (χ2v) is 4.61. The van der Waals surface area contributed by atoms with Gasteiger partial charge in [-0.3, -0.25) is 0 Å². The molecular formula is C11H20F3NO2. The van der Waals surface area contributed by atoms with E-state index in [9.17, 15) is 18.3 Å². The van der Waals surface area contributed by atoms with Gasteiger partial charge in [-0.25, -0.2) is 0 Å². The first-order valence-electron chi connectivity index (χ1n) is 5.90. The van der Waals surface area contributed by atoms with Gasteiger partial charge in [0.05, 0.1) is 18.6 Å². The third kappa shape index (κ3) is 5.23. The Morgan fingerprint density at radius 3 is 2.35 bits per heavy atom. The lowest BCUT2D eigenvalue weighted by Gasteiger charge is -2.30. The quantitative estimate of drug-likeness (QED) is 0.785. The molecule has 1 rings (SSSR count). The Kier molecular flexibility index (Phi) is 5.69. The molecule has 0 bridgehead atoms. The summed E-state index contributed by atoms with van der Waals surface area (Å²) in [6.45, 7) is 0.611. The van der Waals surface area contributed by atoms with Crippen LogP contribution in [0.2, 0.25) is 0 Å². The van der Waals surface area contributed by atoms with E-state index in [1.165, 1.54) is 7.11 Å². The van der Waals surface area contributed by atoms with Crippen LogP contribution in [0.15, 0.2) is 0 Å². The molecule has 2 N–H and O–H groups in total. The highest BCUT2D eigenvalue weighted by atomic mass is 19.4. The molecule has 0 radical (unpaired) electrons. The minimum absolute atomic E-state index is 0.0834. The number of aliphatic hydroxyl groups is 1. The molecule has 1 saturated carbocycles. The lowest BCUT2D eigenvalue weighted by Crippen LogP contribution is -2.41. The summed E-state index contributed by atoms with van der Waals surface area (Å²) in [4.78, 5) is 0. The first-order chi connectivity index (χ1) is 7.93. The zero-order valence-corrected chi connectivity index (χ0v) is 9.96. The number of aliphatic hydroxyl groups excluding tert-OH is 1. The molecule has 1 fully saturated rings. The van der Waals surface area contributed by atoms with Gasteiger partial charge in [0.2, 0.25) is 0 Å². The predicted octanol–water partition coefficient (Wildman–Crippen LogP) is 1.70. The Hall–Kier alpha value is -0.330. The second kappa shape index (κ2) is 6.56. The fraction of sp³-hybridized carbons (Fsp3) is 1.00. The summed E-state index contributed by atoms with van der Waals surface area (Å²) in [6, 6.07) is 0.0834. The van der Waals surface area contributed by atoms with Crippen molar-refractivity contribution in [3.8, 4) is 0 Å². The van der Waals surface area contributed by atoms with Crippen LogP contribution in [0.4, 0.5) is 13.2 Å². The Labute approximate surface area is 99.3 Å². The fourth-order valence-corrected chi connectivity index (χ4v) is 2.18. The van der Waals surface area contributed by atoms with E-state index < -0.39 is 18.2 Å². The van der Waals surface area contributed by atoms with Gasteiger partial charge in [0.15, 0.2) is 0 Å². The summed E-state index contributed by atoms with van der Waals surface area (Å²) in [6.07, 6.45) is -3.25. The van der Waals surface area contributed by atoms with E-state index in [2.05, 4.69) is 5.32 Å². The largest absolute Gasteiger partial charge is 0.391 e. The van der Waals surface area contributed by atoms with Gasteiger partial charge in [-0.1, -0.05) is 0 Å². The Balaban J connectivity index is 2.19. The summed E-state index contributed by atoms with van der Waals surface area (Å²) < 4.78 is 42.0. The first kappa shape index (κ1) is 14.7. The smallest absolute Gasteiger partial charge is 0.389 e. The van der Waals surface area contributed by atoms with Crippen LogP contribution in [0.25, 0.3) is 0 Å². The summed E-state index contributed by atoms with van der Waals surface area (Å²) >= 11 is 0. The zero-order valence-electron chi connectivity index (χ0n) is 9.96. The number of hydrogen-bond acceptors (Lipinski definition) is 3. The Morgan fingerprint density at radius 2 is 1.88 bits per heavy atom. The monoisotopic (exact) mass is 255 g/mol. The molecule has 1 atom stereocenters. The normalized spacial score (nSPS) is 28.1. The molecule has 1 aliphatic rings. The van der Waals surface area contributed by atoms with Crippen LogP contribution in [-0.4, -0.2) is 43.7 Å². The molecule has 0 aromatic rings. The van der Waals surface area contributed by atoms with Gasteiger partial charge in [-0.05, 0) is 25.7 Å². The lowest BCUT2D eigenvalue weighted by atomic mass is 9.85. The van der Waals surface area contributed by atoms with E-state index in [1.54, 1.807) is 0 Å². The zero-order chi connectivity index (χ0) is 12.9. The Morgan fingerprint density at radius 1 is 1.29 bits per heavy atom. The molecule has 6 heteroatoms. The molecule has 0 aliphatic heterocycles. The summed E-state index contributed by atoms with van der Waals surface area (Å²) in [5.41, 5.74) is 0. The van der Waals surface area contributed by atoms with Crippen LogP contribution in [0.5, 0.6) is 0 Å². The summed E-state index contributed by atoms with van der Waals surface area (Å²) in [5, 5.41) is 12.5. The third-order valence-corrected chi connectivity index (χ3v) is 3.19. The standard InChI is InChI=1S/C11H20F3NO2/c1-17-7-10(16)6-15-9-4-2-8(3-5-9)11(12,13)14/h8-10,15-16H,2-7H2,1H3. The topological polar surface area (TPSA) is 41.5 Å². The van der Waals surface area contributed by atoms with Gasteiger partial charge in [0.1, 0.15) is 0 Å². The van der Waals surface area contributed by atoms with E-state index >= 15 is 0 Å². The van der Waals surface area contributed by atoms with Crippen molar-refractivity contribution in [3.05, 3.63) is 0 Å². The fourth-order valence-electron chi connectivity index (χ4n) is 2.18. The first-order valence-corrected chi connectivity index (χ1v) is 5.90. The maximum Gasteiger partial charge on any atom is 0.391 e. The van der Waals surface area contributed by atoms with Crippen molar-refractivity contribution in [1.29, 1.82) is 0 Å². The number of nitrogens with one attached hydrogen (secondary N) is 1. The van der Waals surface area contributed by atoms with Crippen LogP contribution in [0.3, 0.4) is 0 Å². The molecule has 0 aromatic carbocycles. The van der Waals surface area contributed by atoms with Crippen molar-refractivity contribution < 1.29 is 23.0 Å². The van der Waals surface area contributed by atoms with Crippen LogP contribution in [0, 0.1) is 5.92 Å². The van der Waals surface area contributed by atoms with E-state index in [0.29, 0.717) is 19.4 Å². The molecular weight excluding hydrogens is 235 g/mol. The number of alkyl halides is 3.